The van der Waals surface area contributed by atoms with E-state index in [0.29, 0.717) is 17.4 Å². The molecule has 0 aliphatic heterocycles. The highest BCUT2D eigenvalue weighted by atomic mass is 32.1. The largest absolute Gasteiger partial charge is 0.351 e. The third kappa shape index (κ3) is 4.87. The summed E-state index contributed by atoms with van der Waals surface area (Å²) in [5, 5.41) is 22.9. The third-order valence-electron chi connectivity index (χ3n) is 4.28. The van der Waals surface area contributed by atoms with Crippen molar-refractivity contribution in [2.75, 3.05) is 5.32 Å². The Kier molecular flexibility index (Phi) is 6.05. The van der Waals surface area contributed by atoms with Crippen LogP contribution in [0.15, 0.2) is 54.0 Å². The number of thiophene rings is 1. The summed E-state index contributed by atoms with van der Waals surface area (Å²) >= 11 is 2.80. The van der Waals surface area contributed by atoms with Crippen LogP contribution in [0.5, 0.6) is 0 Å². The summed E-state index contributed by atoms with van der Waals surface area (Å²) in [5.41, 5.74) is 1.30. The standard InChI is InChI=1S/C20H16N6O4S2/c1-12(27)21-10-15-5-6-18(32-15)17-11-31-20(22-17)23-19(28)16-7-8-25(24-16)13-3-2-4-14(9-13)26(29)30/h2-9,11H,10H2,1H3,(H,21,27)(H,22,23,28). The van der Waals surface area contributed by atoms with Crippen LogP contribution in [0.2, 0.25) is 0 Å². The average Bonchev–Trinajstić information content (AvgIpc) is 3.52. The molecule has 0 radical (unpaired) electrons. The highest BCUT2D eigenvalue weighted by Crippen LogP contribution is 2.31. The normalized spacial score (nSPS) is 10.7. The molecule has 4 aromatic rings. The van der Waals surface area contributed by atoms with Crippen molar-refractivity contribution in [1.82, 2.24) is 20.1 Å². The molecule has 162 valence electrons. The smallest absolute Gasteiger partial charge is 0.277 e. The highest BCUT2D eigenvalue weighted by molar-refractivity contribution is 7.17. The molecule has 0 saturated carbocycles. The van der Waals surface area contributed by atoms with Crippen LogP contribution in [0.3, 0.4) is 0 Å². The predicted molar refractivity (Wildman–Crippen MR) is 121 cm³/mol. The minimum atomic E-state index is -0.489. The van der Waals surface area contributed by atoms with Crippen LogP contribution in [0.1, 0.15) is 22.3 Å². The summed E-state index contributed by atoms with van der Waals surface area (Å²) in [4.78, 5) is 40.5. The van der Waals surface area contributed by atoms with Gasteiger partial charge in [0.2, 0.25) is 5.91 Å². The molecule has 10 nitrogen and oxygen atoms in total. The van der Waals surface area contributed by atoms with E-state index < -0.39 is 10.8 Å². The number of nitrogens with zero attached hydrogens (tertiary/aromatic N) is 4. The number of aromatic nitrogens is 3. The SMILES string of the molecule is CC(=O)NCc1ccc(-c2csc(NC(=O)c3ccn(-c4cccc([N+](=O)[O-])c4)n3)n2)s1. The first-order chi connectivity index (χ1) is 15.4. The van der Waals surface area contributed by atoms with Gasteiger partial charge in [0.05, 0.1) is 27.7 Å². The minimum Gasteiger partial charge on any atom is -0.351 e. The summed E-state index contributed by atoms with van der Waals surface area (Å²) in [6.07, 6.45) is 1.56. The number of nitrogens with one attached hydrogen (secondary N) is 2. The molecule has 12 heteroatoms. The number of hydrogen-bond acceptors (Lipinski definition) is 8. The van der Waals surface area contributed by atoms with Crippen LogP contribution in [-0.4, -0.2) is 31.5 Å². The number of carbonyl (C=O) groups is 2. The van der Waals surface area contributed by atoms with Gasteiger partial charge in [0.25, 0.3) is 11.6 Å². The molecule has 2 amide bonds. The Morgan fingerprint density at radius 2 is 2.06 bits per heavy atom. The van der Waals surface area contributed by atoms with E-state index in [-0.39, 0.29) is 17.3 Å². The first-order valence-corrected chi connectivity index (χ1v) is 11.0. The van der Waals surface area contributed by atoms with E-state index in [9.17, 15) is 19.7 Å². The van der Waals surface area contributed by atoms with E-state index in [1.807, 2.05) is 17.5 Å². The van der Waals surface area contributed by atoms with E-state index >= 15 is 0 Å². The zero-order chi connectivity index (χ0) is 22.7. The number of carbonyl (C=O) groups excluding carboxylic acids is 2. The lowest BCUT2D eigenvalue weighted by Gasteiger charge is -2.01. The van der Waals surface area contributed by atoms with Crippen molar-refractivity contribution in [3.05, 3.63) is 74.7 Å². The summed E-state index contributed by atoms with van der Waals surface area (Å²) in [5.74, 6) is -0.529. The van der Waals surface area contributed by atoms with Gasteiger partial charge in [-0.1, -0.05) is 6.07 Å². The molecule has 0 aliphatic rings. The Morgan fingerprint density at radius 3 is 2.84 bits per heavy atom. The molecule has 32 heavy (non-hydrogen) atoms. The van der Waals surface area contributed by atoms with Crippen molar-refractivity contribution in [1.29, 1.82) is 0 Å². The van der Waals surface area contributed by atoms with Crippen molar-refractivity contribution in [3.63, 3.8) is 0 Å². The van der Waals surface area contributed by atoms with E-state index in [2.05, 4.69) is 20.7 Å². The van der Waals surface area contributed by atoms with Gasteiger partial charge in [0, 0.05) is 35.5 Å². The van der Waals surface area contributed by atoms with Crippen LogP contribution in [0.25, 0.3) is 16.3 Å². The number of non-ortho nitro benzene ring substituents is 1. The lowest BCUT2D eigenvalue weighted by atomic mass is 10.3. The number of hydrogen-bond donors (Lipinski definition) is 2. The van der Waals surface area contributed by atoms with Crippen molar-refractivity contribution in [3.8, 4) is 16.3 Å². The molecule has 0 saturated heterocycles. The maximum absolute atomic E-state index is 12.6. The van der Waals surface area contributed by atoms with Gasteiger partial charge in [-0.05, 0) is 24.3 Å². The Bertz CT molecular complexity index is 1310. The molecule has 0 spiro atoms. The molecule has 0 bridgehead atoms. The lowest BCUT2D eigenvalue weighted by molar-refractivity contribution is -0.384. The van der Waals surface area contributed by atoms with Gasteiger partial charge in [-0.3, -0.25) is 25.0 Å². The second kappa shape index (κ2) is 9.08. The molecule has 0 aliphatic carbocycles. The van der Waals surface area contributed by atoms with Crippen LogP contribution >= 0.6 is 22.7 Å². The first-order valence-electron chi connectivity index (χ1n) is 9.30. The van der Waals surface area contributed by atoms with E-state index in [0.717, 1.165) is 15.4 Å². The fourth-order valence-corrected chi connectivity index (χ4v) is 4.45. The van der Waals surface area contributed by atoms with Crippen LogP contribution in [0, 0.1) is 10.1 Å². The number of nitro benzene ring substituents is 1. The second-order valence-electron chi connectivity index (χ2n) is 6.59. The molecule has 1 aromatic carbocycles. The number of rotatable bonds is 7. The summed E-state index contributed by atoms with van der Waals surface area (Å²) in [6, 6.07) is 11.3. The first kappa shape index (κ1) is 21.3. The fourth-order valence-electron chi connectivity index (χ4n) is 2.77. The Hall–Kier alpha value is -3.90. The molecular formula is C20H16N6O4S2. The Balaban J connectivity index is 1.43. The van der Waals surface area contributed by atoms with Gasteiger partial charge < -0.3 is 5.32 Å². The van der Waals surface area contributed by atoms with Gasteiger partial charge in [-0.25, -0.2) is 9.67 Å². The van der Waals surface area contributed by atoms with Gasteiger partial charge in [-0.2, -0.15) is 5.10 Å². The molecule has 3 aromatic heterocycles. The van der Waals surface area contributed by atoms with Gasteiger partial charge in [-0.15, -0.1) is 22.7 Å². The predicted octanol–water partition coefficient (Wildman–Crippen LogP) is 3.85. The van der Waals surface area contributed by atoms with Crippen molar-refractivity contribution in [2.24, 2.45) is 0 Å². The topological polar surface area (TPSA) is 132 Å². The molecular weight excluding hydrogens is 452 g/mol. The molecule has 2 N–H and O–H groups in total. The highest BCUT2D eigenvalue weighted by Gasteiger charge is 2.15. The maximum atomic E-state index is 12.6. The second-order valence-corrected chi connectivity index (χ2v) is 8.62. The van der Waals surface area contributed by atoms with Gasteiger partial charge >= 0.3 is 0 Å². The molecule has 0 unspecified atom stereocenters. The van der Waals surface area contributed by atoms with Gasteiger partial charge in [0.1, 0.15) is 0 Å². The van der Waals surface area contributed by atoms with E-state index in [1.165, 1.54) is 52.5 Å². The summed E-state index contributed by atoms with van der Waals surface area (Å²) in [6.45, 7) is 1.93. The van der Waals surface area contributed by atoms with E-state index in [1.54, 1.807) is 18.3 Å². The number of thiazole rings is 1. The van der Waals surface area contributed by atoms with Crippen molar-refractivity contribution < 1.29 is 14.5 Å². The van der Waals surface area contributed by atoms with Gasteiger partial charge in [0.15, 0.2) is 10.8 Å². The zero-order valence-electron chi connectivity index (χ0n) is 16.6. The number of benzene rings is 1. The van der Waals surface area contributed by atoms with Crippen molar-refractivity contribution >= 4 is 45.3 Å². The summed E-state index contributed by atoms with van der Waals surface area (Å²) < 4.78 is 1.40. The molecule has 0 fully saturated rings. The fraction of sp³-hybridized carbons (Fsp3) is 0.100. The average molecular weight is 469 g/mol. The Morgan fingerprint density at radius 1 is 1.22 bits per heavy atom. The number of anilines is 1. The van der Waals surface area contributed by atoms with E-state index in [4.69, 9.17) is 0 Å². The Labute approximate surface area is 189 Å². The number of nitro groups is 1. The van der Waals surface area contributed by atoms with Crippen molar-refractivity contribution in [2.45, 2.75) is 13.5 Å². The van der Waals surface area contributed by atoms with Crippen LogP contribution < -0.4 is 10.6 Å². The van der Waals surface area contributed by atoms with Crippen LogP contribution in [-0.2, 0) is 11.3 Å². The quantitative estimate of drug-likeness (QED) is 0.313. The number of amides is 2. The lowest BCUT2D eigenvalue weighted by Crippen LogP contribution is -2.17. The minimum absolute atomic E-state index is 0.0619. The molecule has 4 rings (SSSR count). The van der Waals surface area contributed by atoms with Crippen LogP contribution in [0.4, 0.5) is 10.8 Å². The maximum Gasteiger partial charge on any atom is 0.277 e. The molecule has 3 heterocycles. The molecule has 0 atom stereocenters. The monoisotopic (exact) mass is 468 g/mol. The third-order valence-corrected chi connectivity index (χ3v) is 6.14. The summed E-state index contributed by atoms with van der Waals surface area (Å²) in [7, 11) is 0. The zero-order valence-corrected chi connectivity index (χ0v) is 18.3.